The molecule has 2 aliphatic carbocycles. The van der Waals surface area contributed by atoms with Gasteiger partial charge in [-0.1, -0.05) is 54.1 Å². The fourth-order valence-corrected chi connectivity index (χ4v) is 6.57. The number of amides is 2. The van der Waals surface area contributed by atoms with Crippen LogP contribution < -0.4 is 10.1 Å². The van der Waals surface area contributed by atoms with Crippen molar-refractivity contribution in [2.24, 2.45) is 0 Å². The average Bonchev–Trinajstić information content (AvgIpc) is 4.01. The van der Waals surface area contributed by atoms with Gasteiger partial charge in [0.1, 0.15) is 5.75 Å². The first-order valence-corrected chi connectivity index (χ1v) is 16.2. The molecule has 1 unspecified atom stereocenters. The molecule has 0 saturated heterocycles. The predicted octanol–water partition coefficient (Wildman–Crippen LogP) is 6.87. The molecule has 0 bridgehead atoms. The molecule has 7 rings (SSSR count). The van der Waals surface area contributed by atoms with Gasteiger partial charge in [-0.15, -0.1) is 0 Å². The van der Waals surface area contributed by atoms with Crippen LogP contribution in [0.25, 0.3) is 11.1 Å². The van der Waals surface area contributed by atoms with Crippen molar-refractivity contribution in [3.05, 3.63) is 118 Å². The topological polar surface area (TPSA) is 91.8 Å². The summed E-state index contributed by atoms with van der Waals surface area (Å²) in [6.07, 6.45) is 9.53. The van der Waals surface area contributed by atoms with Gasteiger partial charge in [0.25, 0.3) is 11.8 Å². The molecule has 1 atom stereocenters. The number of carbonyl (C=O) groups excluding carboxylic acids is 2. The summed E-state index contributed by atoms with van der Waals surface area (Å²) in [6.45, 7) is 0.839. The quantitative estimate of drug-likeness (QED) is 0.158. The lowest BCUT2D eigenvalue weighted by molar-refractivity contribution is 0.0650. The Kier molecular flexibility index (Phi) is 8.17. The van der Waals surface area contributed by atoms with Gasteiger partial charge in [0.05, 0.1) is 17.2 Å². The zero-order valence-corrected chi connectivity index (χ0v) is 25.8. The monoisotopic (exact) mass is 621 g/mol. The Bertz CT molecular complexity index is 1710. The minimum absolute atomic E-state index is 0.0397. The van der Waals surface area contributed by atoms with Crippen LogP contribution in [0.4, 0.5) is 0 Å². The molecule has 2 N–H and O–H groups in total. The van der Waals surface area contributed by atoms with Crippen LogP contribution in [0.3, 0.4) is 0 Å². The molecule has 0 spiro atoms. The molecule has 8 heteroatoms. The highest BCUT2D eigenvalue weighted by molar-refractivity contribution is 6.31. The molecule has 1 aromatic heterocycles. The lowest BCUT2D eigenvalue weighted by atomic mass is 9.92. The number of aromatic nitrogens is 1. The van der Waals surface area contributed by atoms with Gasteiger partial charge in [0.15, 0.2) is 0 Å². The van der Waals surface area contributed by atoms with Gasteiger partial charge < -0.3 is 15.2 Å². The molecule has 3 aliphatic rings. The Hall–Kier alpha value is -4.04. The third-order valence-corrected chi connectivity index (χ3v) is 9.64. The fraction of sp³-hybridized carbons (Fsp3) is 0.324. The lowest BCUT2D eigenvalue weighted by Gasteiger charge is -2.23. The third-order valence-electron chi connectivity index (χ3n) is 9.27. The number of ether oxygens (including phenoxy) is 1. The van der Waals surface area contributed by atoms with Gasteiger partial charge in [0.2, 0.25) is 0 Å². The van der Waals surface area contributed by atoms with Gasteiger partial charge in [0, 0.05) is 54.1 Å². The highest BCUT2D eigenvalue weighted by Crippen LogP contribution is 2.50. The van der Waals surface area contributed by atoms with Crippen molar-refractivity contribution in [1.82, 2.24) is 15.2 Å². The molecule has 45 heavy (non-hydrogen) atoms. The Labute approximate surface area is 268 Å². The summed E-state index contributed by atoms with van der Waals surface area (Å²) < 4.78 is 6.26. The van der Waals surface area contributed by atoms with Crippen molar-refractivity contribution in [2.75, 3.05) is 13.2 Å². The van der Waals surface area contributed by atoms with E-state index in [0.717, 1.165) is 59.3 Å². The van der Waals surface area contributed by atoms with Gasteiger partial charge in [-0.3, -0.25) is 19.5 Å². The van der Waals surface area contributed by atoms with E-state index in [1.54, 1.807) is 24.3 Å². The summed E-state index contributed by atoms with van der Waals surface area (Å²) in [4.78, 5) is 31.3. The summed E-state index contributed by atoms with van der Waals surface area (Å²) in [7, 11) is 0. The van der Waals surface area contributed by atoms with E-state index < -0.39 is 0 Å². The highest BCUT2D eigenvalue weighted by Gasteiger charge is 2.46. The normalized spacial score (nSPS) is 17.3. The molecule has 2 amide bonds. The van der Waals surface area contributed by atoms with Crippen LogP contribution in [-0.4, -0.2) is 46.1 Å². The summed E-state index contributed by atoms with van der Waals surface area (Å²) in [5.41, 5.74) is 6.02. The maximum atomic E-state index is 12.8. The average molecular weight is 622 g/mol. The van der Waals surface area contributed by atoms with Crippen LogP contribution in [0.2, 0.25) is 5.02 Å². The van der Waals surface area contributed by atoms with Crippen molar-refractivity contribution < 1.29 is 19.4 Å². The van der Waals surface area contributed by atoms with E-state index in [9.17, 15) is 14.7 Å². The number of halogens is 1. The number of nitrogens with zero attached hydrogens (tertiary/aromatic N) is 2. The largest absolute Gasteiger partial charge is 0.490 e. The number of imide groups is 1. The lowest BCUT2D eigenvalue weighted by Crippen LogP contribution is -2.31. The second kappa shape index (κ2) is 12.4. The van der Waals surface area contributed by atoms with Crippen LogP contribution in [0.5, 0.6) is 5.75 Å². The third kappa shape index (κ3) is 6.00. The standard InChI is InChI=1S/C37H36ClN3O4/c38-33-14-11-24(25(23-42)6-5-19-41-35(43)30-8-1-2-9-31(30)36(41)44)20-26(33)21-40-37(16-17-37)32-22-39-18-15-28(32)29-7-3-4-10-34(29)45-27-12-13-27/h1-4,7-11,14-15,18,20,22,25,27,40,42H,5-6,12-13,16-17,19,21,23H2. The fourth-order valence-electron chi connectivity index (χ4n) is 6.38. The predicted molar refractivity (Wildman–Crippen MR) is 173 cm³/mol. The van der Waals surface area contributed by atoms with E-state index in [2.05, 4.69) is 34.6 Å². The Morgan fingerprint density at radius 1 is 0.956 bits per heavy atom. The van der Waals surface area contributed by atoms with E-state index in [0.29, 0.717) is 48.2 Å². The summed E-state index contributed by atoms with van der Waals surface area (Å²) in [6, 6.07) is 23.2. The molecular weight excluding hydrogens is 586 g/mol. The number of benzene rings is 3. The summed E-state index contributed by atoms with van der Waals surface area (Å²) in [5, 5.41) is 14.8. The van der Waals surface area contributed by atoms with Crippen molar-refractivity contribution >= 4 is 23.4 Å². The zero-order chi connectivity index (χ0) is 31.0. The first kappa shape index (κ1) is 29.7. The molecule has 2 heterocycles. The van der Waals surface area contributed by atoms with E-state index >= 15 is 0 Å². The number of hydrogen-bond donors (Lipinski definition) is 2. The Morgan fingerprint density at radius 2 is 1.67 bits per heavy atom. The van der Waals surface area contributed by atoms with Crippen LogP contribution >= 0.6 is 11.6 Å². The molecule has 2 saturated carbocycles. The molecule has 3 aromatic carbocycles. The van der Waals surface area contributed by atoms with Crippen LogP contribution in [-0.2, 0) is 12.1 Å². The van der Waals surface area contributed by atoms with Crippen molar-refractivity contribution in [1.29, 1.82) is 0 Å². The minimum atomic E-state index is -0.249. The number of fused-ring (bicyclic) bond motifs is 1. The number of pyridine rings is 1. The van der Waals surface area contributed by atoms with Crippen molar-refractivity contribution in [3.63, 3.8) is 0 Å². The number of nitrogens with one attached hydrogen (secondary N) is 1. The number of hydrogen-bond acceptors (Lipinski definition) is 6. The maximum absolute atomic E-state index is 12.8. The molecule has 2 fully saturated rings. The number of carbonyl (C=O) groups is 2. The molecule has 7 nitrogen and oxygen atoms in total. The Balaban J connectivity index is 1.03. The molecular formula is C37H36ClN3O4. The van der Waals surface area contributed by atoms with E-state index in [4.69, 9.17) is 16.3 Å². The maximum Gasteiger partial charge on any atom is 0.261 e. The van der Waals surface area contributed by atoms with Gasteiger partial charge in [-0.25, -0.2) is 0 Å². The number of aliphatic hydroxyl groups is 1. The van der Waals surface area contributed by atoms with Crippen LogP contribution in [0, 0.1) is 0 Å². The second-order valence-corrected chi connectivity index (χ2v) is 12.8. The van der Waals surface area contributed by atoms with Gasteiger partial charge in [-0.2, -0.15) is 0 Å². The van der Waals surface area contributed by atoms with E-state index in [1.807, 2.05) is 36.7 Å². The van der Waals surface area contributed by atoms with Crippen molar-refractivity contribution in [3.8, 4) is 16.9 Å². The Morgan fingerprint density at radius 3 is 2.36 bits per heavy atom. The first-order chi connectivity index (χ1) is 22.0. The first-order valence-electron chi connectivity index (χ1n) is 15.8. The minimum Gasteiger partial charge on any atom is -0.490 e. The summed E-state index contributed by atoms with van der Waals surface area (Å²) >= 11 is 6.70. The van der Waals surface area contributed by atoms with Crippen molar-refractivity contribution in [2.45, 2.75) is 62.6 Å². The number of rotatable bonds is 13. The smallest absolute Gasteiger partial charge is 0.261 e. The number of aliphatic hydroxyl groups excluding tert-OH is 1. The highest BCUT2D eigenvalue weighted by atomic mass is 35.5. The number of para-hydroxylation sites is 1. The second-order valence-electron chi connectivity index (χ2n) is 12.4. The molecule has 4 aromatic rings. The van der Waals surface area contributed by atoms with E-state index in [-0.39, 0.29) is 29.9 Å². The van der Waals surface area contributed by atoms with Crippen LogP contribution in [0.15, 0.2) is 85.2 Å². The van der Waals surface area contributed by atoms with Gasteiger partial charge >= 0.3 is 0 Å². The zero-order valence-electron chi connectivity index (χ0n) is 25.0. The molecule has 230 valence electrons. The summed E-state index contributed by atoms with van der Waals surface area (Å²) in [5.74, 6) is 0.275. The molecule has 0 radical (unpaired) electrons. The SMILES string of the molecule is O=C1c2ccccc2C(=O)N1CCCC(CO)c1ccc(Cl)c(CNC2(c3cnccc3-c3ccccc3OC3CC3)CC2)c1. The van der Waals surface area contributed by atoms with Crippen LogP contribution in [0.1, 0.15) is 81.8 Å². The van der Waals surface area contributed by atoms with E-state index in [1.165, 1.54) is 4.90 Å². The molecule has 1 aliphatic heterocycles. The van der Waals surface area contributed by atoms with Gasteiger partial charge in [-0.05, 0) is 91.1 Å².